The summed E-state index contributed by atoms with van der Waals surface area (Å²) < 4.78 is 11.3. The summed E-state index contributed by atoms with van der Waals surface area (Å²) in [5.74, 6) is 0.531. The second-order valence-electron chi connectivity index (χ2n) is 7.96. The van der Waals surface area contributed by atoms with Gasteiger partial charge in [-0.15, -0.1) is 0 Å². The van der Waals surface area contributed by atoms with Crippen molar-refractivity contribution in [3.63, 3.8) is 0 Å². The van der Waals surface area contributed by atoms with E-state index in [1.807, 2.05) is 73.7 Å². The Hall–Kier alpha value is -3.32. The van der Waals surface area contributed by atoms with Crippen LogP contribution in [0, 0.1) is 12.8 Å². The molecule has 0 bridgehead atoms. The van der Waals surface area contributed by atoms with E-state index in [2.05, 4.69) is 21.2 Å². The number of methoxy groups -OCH3 is 2. The van der Waals surface area contributed by atoms with Gasteiger partial charge in [-0.3, -0.25) is 9.59 Å². The smallest absolute Gasteiger partial charge is 0.230 e. The summed E-state index contributed by atoms with van der Waals surface area (Å²) in [4.78, 5) is 28.3. The molecule has 170 valence electrons. The molecule has 0 unspecified atom stereocenters. The van der Waals surface area contributed by atoms with Crippen molar-refractivity contribution in [2.45, 2.75) is 19.4 Å². The van der Waals surface area contributed by atoms with Gasteiger partial charge in [-0.2, -0.15) is 0 Å². The first kappa shape index (κ1) is 22.9. The van der Waals surface area contributed by atoms with Gasteiger partial charge in [0, 0.05) is 16.6 Å². The van der Waals surface area contributed by atoms with E-state index < -0.39 is 12.0 Å². The van der Waals surface area contributed by atoms with E-state index in [1.54, 1.807) is 19.1 Å². The van der Waals surface area contributed by atoms with E-state index in [1.165, 1.54) is 0 Å². The van der Waals surface area contributed by atoms with Crippen LogP contribution in [-0.4, -0.2) is 26.0 Å². The van der Waals surface area contributed by atoms with Gasteiger partial charge in [0.1, 0.15) is 11.5 Å². The standard InChI is InChI=1S/C26H25BrN2O4/c1-16-4-13-23(22(27)14-16)28-26(31)21-15-24(30)29(18-7-11-20(33-3)12-8-18)25(21)17-5-9-19(32-2)10-6-17/h4-14,21,25H,15H2,1-3H3,(H,28,31)/t21-,25+/m0/s1. The highest BCUT2D eigenvalue weighted by Crippen LogP contribution is 2.43. The number of hydrogen-bond donors (Lipinski definition) is 1. The summed E-state index contributed by atoms with van der Waals surface area (Å²) in [6.45, 7) is 1.98. The van der Waals surface area contributed by atoms with Gasteiger partial charge in [-0.25, -0.2) is 0 Å². The second kappa shape index (κ2) is 9.67. The van der Waals surface area contributed by atoms with Crippen LogP contribution in [0.25, 0.3) is 0 Å². The molecule has 0 aliphatic carbocycles. The monoisotopic (exact) mass is 508 g/mol. The van der Waals surface area contributed by atoms with Crippen LogP contribution in [0.5, 0.6) is 11.5 Å². The number of nitrogens with zero attached hydrogens (tertiary/aromatic N) is 1. The topological polar surface area (TPSA) is 67.9 Å². The van der Waals surface area contributed by atoms with E-state index in [0.717, 1.165) is 15.6 Å². The van der Waals surface area contributed by atoms with Crippen molar-refractivity contribution >= 4 is 39.1 Å². The van der Waals surface area contributed by atoms with E-state index in [4.69, 9.17) is 9.47 Å². The first-order valence-electron chi connectivity index (χ1n) is 10.6. The van der Waals surface area contributed by atoms with Crippen molar-refractivity contribution in [2.75, 3.05) is 24.4 Å². The molecule has 2 amide bonds. The maximum atomic E-state index is 13.4. The Morgan fingerprint density at radius 3 is 2.15 bits per heavy atom. The summed E-state index contributed by atoms with van der Waals surface area (Å²) in [7, 11) is 3.20. The molecular weight excluding hydrogens is 484 g/mol. The SMILES string of the molecule is COc1ccc([C@@H]2[C@@H](C(=O)Nc3ccc(C)cc3Br)CC(=O)N2c2ccc(OC)cc2)cc1. The number of nitrogens with one attached hydrogen (secondary N) is 1. The lowest BCUT2D eigenvalue weighted by atomic mass is 9.92. The van der Waals surface area contributed by atoms with Crippen LogP contribution < -0.4 is 19.7 Å². The molecule has 7 heteroatoms. The van der Waals surface area contributed by atoms with Gasteiger partial charge >= 0.3 is 0 Å². The third kappa shape index (κ3) is 4.73. The van der Waals surface area contributed by atoms with E-state index in [0.29, 0.717) is 22.9 Å². The van der Waals surface area contributed by atoms with Gasteiger partial charge in [-0.1, -0.05) is 18.2 Å². The number of carbonyl (C=O) groups excluding carboxylic acids is 2. The minimum atomic E-state index is -0.568. The van der Waals surface area contributed by atoms with Gasteiger partial charge in [-0.05, 0) is 82.5 Å². The molecule has 4 rings (SSSR count). The fourth-order valence-electron chi connectivity index (χ4n) is 4.15. The highest BCUT2D eigenvalue weighted by molar-refractivity contribution is 9.10. The lowest BCUT2D eigenvalue weighted by Crippen LogP contribution is -2.32. The van der Waals surface area contributed by atoms with Crippen molar-refractivity contribution < 1.29 is 19.1 Å². The summed E-state index contributed by atoms with van der Waals surface area (Å²) in [6, 6.07) is 20.1. The Balaban J connectivity index is 1.71. The predicted octanol–water partition coefficient (Wildman–Crippen LogP) is 5.51. The summed E-state index contributed by atoms with van der Waals surface area (Å²) in [6.07, 6.45) is 0.109. The molecule has 1 aliphatic rings. The normalized spacial score (nSPS) is 17.7. The molecule has 3 aromatic carbocycles. The highest BCUT2D eigenvalue weighted by atomic mass is 79.9. The molecule has 1 heterocycles. The zero-order chi connectivity index (χ0) is 23.5. The lowest BCUT2D eigenvalue weighted by molar-refractivity contribution is -0.122. The minimum Gasteiger partial charge on any atom is -0.497 e. The summed E-state index contributed by atoms with van der Waals surface area (Å²) in [5.41, 5.74) is 3.33. The number of anilines is 2. The fraction of sp³-hybridized carbons (Fsp3) is 0.231. The van der Waals surface area contributed by atoms with Crippen molar-refractivity contribution in [2.24, 2.45) is 5.92 Å². The first-order valence-corrected chi connectivity index (χ1v) is 11.4. The molecule has 1 fully saturated rings. The van der Waals surface area contributed by atoms with Gasteiger partial charge in [0.25, 0.3) is 0 Å². The average molecular weight is 509 g/mol. The highest BCUT2D eigenvalue weighted by Gasteiger charge is 2.45. The van der Waals surface area contributed by atoms with Gasteiger partial charge in [0.15, 0.2) is 0 Å². The Bertz CT molecular complexity index is 1160. The Morgan fingerprint density at radius 2 is 1.58 bits per heavy atom. The number of rotatable bonds is 6. The van der Waals surface area contributed by atoms with Crippen LogP contribution in [0.4, 0.5) is 11.4 Å². The van der Waals surface area contributed by atoms with Crippen LogP contribution in [-0.2, 0) is 9.59 Å². The zero-order valence-electron chi connectivity index (χ0n) is 18.7. The van der Waals surface area contributed by atoms with Gasteiger partial charge in [0.2, 0.25) is 11.8 Å². The van der Waals surface area contributed by atoms with Gasteiger partial charge in [0.05, 0.1) is 31.9 Å². The Kier molecular flexibility index (Phi) is 6.70. The number of carbonyl (C=O) groups is 2. The molecule has 3 aromatic rings. The van der Waals surface area contributed by atoms with Crippen molar-refractivity contribution in [1.82, 2.24) is 0 Å². The van der Waals surface area contributed by atoms with E-state index >= 15 is 0 Å². The molecule has 1 aliphatic heterocycles. The van der Waals surface area contributed by atoms with Crippen LogP contribution in [0.1, 0.15) is 23.6 Å². The lowest BCUT2D eigenvalue weighted by Gasteiger charge is -2.28. The third-order valence-corrected chi connectivity index (χ3v) is 6.51. The van der Waals surface area contributed by atoms with Crippen molar-refractivity contribution in [3.05, 3.63) is 82.3 Å². The van der Waals surface area contributed by atoms with Crippen molar-refractivity contribution in [1.29, 1.82) is 0 Å². The molecule has 0 radical (unpaired) electrons. The Morgan fingerprint density at radius 1 is 0.970 bits per heavy atom. The van der Waals surface area contributed by atoms with Crippen LogP contribution in [0.15, 0.2) is 71.2 Å². The second-order valence-corrected chi connectivity index (χ2v) is 8.82. The minimum absolute atomic E-state index is 0.107. The zero-order valence-corrected chi connectivity index (χ0v) is 20.3. The molecule has 2 atom stereocenters. The maximum absolute atomic E-state index is 13.4. The number of amides is 2. The molecule has 0 saturated carbocycles. The largest absolute Gasteiger partial charge is 0.497 e. The molecule has 1 saturated heterocycles. The number of benzene rings is 3. The number of ether oxygens (including phenoxy) is 2. The molecular formula is C26H25BrN2O4. The molecule has 1 N–H and O–H groups in total. The first-order chi connectivity index (χ1) is 15.9. The molecule has 0 aromatic heterocycles. The van der Waals surface area contributed by atoms with Gasteiger partial charge < -0.3 is 19.7 Å². The summed E-state index contributed by atoms with van der Waals surface area (Å²) in [5, 5.41) is 3.00. The molecule has 33 heavy (non-hydrogen) atoms. The van der Waals surface area contributed by atoms with Crippen molar-refractivity contribution in [3.8, 4) is 11.5 Å². The quantitative estimate of drug-likeness (QED) is 0.476. The van der Waals surface area contributed by atoms with Crippen LogP contribution in [0.2, 0.25) is 0 Å². The number of halogens is 1. The van der Waals surface area contributed by atoms with Crippen LogP contribution >= 0.6 is 15.9 Å². The molecule has 6 nitrogen and oxygen atoms in total. The number of hydrogen-bond acceptors (Lipinski definition) is 4. The fourth-order valence-corrected chi connectivity index (χ4v) is 4.74. The van der Waals surface area contributed by atoms with E-state index in [-0.39, 0.29) is 18.2 Å². The van der Waals surface area contributed by atoms with Crippen LogP contribution in [0.3, 0.4) is 0 Å². The predicted molar refractivity (Wildman–Crippen MR) is 132 cm³/mol. The van der Waals surface area contributed by atoms with E-state index in [9.17, 15) is 9.59 Å². The number of aryl methyl sites for hydroxylation is 1. The summed E-state index contributed by atoms with van der Waals surface area (Å²) >= 11 is 3.52. The Labute approximate surface area is 201 Å². The molecule has 0 spiro atoms. The maximum Gasteiger partial charge on any atom is 0.230 e. The average Bonchev–Trinajstić information content (AvgIpc) is 3.18. The third-order valence-electron chi connectivity index (χ3n) is 5.85.